The standard InChI is InChI=1S/C16H16N4OS/c1-3-4-9-14-19-20-12(10-17)15(18-16(20)22-14)11-7-5-6-8-13(11)21-2/h5-8H,3-4,9H2,1-2H3. The maximum atomic E-state index is 9.53. The van der Waals surface area contributed by atoms with Crippen LogP contribution in [0, 0.1) is 11.3 Å². The second-order valence-corrected chi connectivity index (χ2v) is 5.96. The maximum Gasteiger partial charge on any atom is 0.214 e. The molecule has 0 spiro atoms. The van der Waals surface area contributed by atoms with Gasteiger partial charge in [-0.05, 0) is 18.6 Å². The normalized spacial score (nSPS) is 10.8. The lowest BCUT2D eigenvalue weighted by molar-refractivity contribution is 0.416. The summed E-state index contributed by atoms with van der Waals surface area (Å²) in [5, 5.41) is 15.1. The van der Waals surface area contributed by atoms with E-state index in [1.165, 1.54) is 0 Å². The van der Waals surface area contributed by atoms with Crippen LogP contribution < -0.4 is 4.74 Å². The predicted octanol–water partition coefficient (Wildman–Crippen LogP) is 3.68. The summed E-state index contributed by atoms with van der Waals surface area (Å²) in [4.78, 5) is 5.36. The molecule has 2 aromatic heterocycles. The van der Waals surface area contributed by atoms with Gasteiger partial charge in [0, 0.05) is 12.0 Å². The number of hydrogen-bond donors (Lipinski definition) is 0. The number of aryl methyl sites for hydroxylation is 1. The Balaban J connectivity index is 2.11. The van der Waals surface area contributed by atoms with E-state index in [9.17, 15) is 5.26 Å². The SMILES string of the molecule is CCCCc1nn2c(C#N)c(-c3ccccc3OC)nc2s1. The van der Waals surface area contributed by atoms with Gasteiger partial charge in [0.25, 0.3) is 0 Å². The van der Waals surface area contributed by atoms with Gasteiger partial charge in [0.1, 0.15) is 22.5 Å². The Morgan fingerprint density at radius 2 is 2.18 bits per heavy atom. The number of aromatic nitrogens is 3. The molecule has 0 bridgehead atoms. The Morgan fingerprint density at radius 3 is 2.91 bits per heavy atom. The molecule has 0 saturated heterocycles. The summed E-state index contributed by atoms with van der Waals surface area (Å²) in [5.74, 6) is 0.705. The number of nitriles is 1. The molecule has 112 valence electrons. The highest BCUT2D eigenvalue weighted by Crippen LogP contribution is 2.33. The first-order chi connectivity index (χ1) is 10.8. The summed E-state index contributed by atoms with van der Waals surface area (Å²) < 4.78 is 7.02. The van der Waals surface area contributed by atoms with Gasteiger partial charge < -0.3 is 4.74 Å². The van der Waals surface area contributed by atoms with Gasteiger partial charge in [-0.25, -0.2) is 4.98 Å². The van der Waals surface area contributed by atoms with Crippen molar-refractivity contribution < 1.29 is 4.74 Å². The van der Waals surface area contributed by atoms with Gasteiger partial charge in [-0.15, -0.1) is 0 Å². The van der Waals surface area contributed by atoms with Crippen molar-refractivity contribution in [1.82, 2.24) is 14.6 Å². The highest BCUT2D eigenvalue weighted by atomic mass is 32.1. The minimum absolute atomic E-state index is 0.457. The van der Waals surface area contributed by atoms with Gasteiger partial charge in [-0.2, -0.15) is 14.9 Å². The minimum atomic E-state index is 0.457. The summed E-state index contributed by atoms with van der Waals surface area (Å²) in [6, 6.07) is 9.80. The van der Waals surface area contributed by atoms with Crippen LogP contribution in [0.2, 0.25) is 0 Å². The Bertz CT molecular complexity index is 844. The van der Waals surface area contributed by atoms with Crippen molar-refractivity contribution in [3.8, 4) is 23.1 Å². The first-order valence-corrected chi connectivity index (χ1v) is 8.02. The van der Waals surface area contributed by atoms with Crippen molar-refractivity contribution in [2.24, 2.45) is 0 Å². The molecule has 0 fully saturated rings. The van der Waals surface area contributed by atoms with Crippen LogP contribution in [0.3, 0.4) is 0 Å². The van der Waals surface area contributed by atoms with Crippen molar-refractivity contribution in [2.75, 3.05) is 7.11 Å². The molecule has 6 heteroatoms. The molecule has 0 unspecified atom stereocenters. The number of hydrogen-bond acceptors (Lipinski definition) is 5. The highest BCUT2D eigenvalue weighted by molar-refractivity contribution is 7.16. The summed E-state index contributed by atoms with van der Waals surface area (Å²) in [6.45, 7) is 2.15. The van der Waals surface area contributed by atoms with Crippen LogP contribution in [-0.4, -0.2) is 21.7 Å². The number of ether oxygens (including phenoxy) is 1. The van der Waals surface area contributed by atoms with Gasteiger partial charge in [0.2, 0.25) is 4.96 Å². The lowest BCUT2D eigenvalue weighted by Crippen LogP contribution is -1.94. The number of imidazole rings is 1. The van der Waals surface area contributed by atoms with E-state index < -0.39 is 0 Å². The largest absolute Gasteiger partial charge is 0.496 e. The molecule has 3 rings (SSSR count). The molecule has 1 aromatic carbocycles. The molecule has 0 radical (unpaired) electrons. The monoisotopic (exact) mass is 312 g/mol. The summed E-state index contributed by atoms with van der Waals surface area (Å²) in [7, 11) is 1.62. The Labute approximate surface area is 132 Å². The summed E-state index contributed by atoms with van der Waals surface area (Å²) in [6.07, 6.45) is 3.15. The van der Waals surface area contributed by atoms with Crippen LogP contribution in [0.1, 0.15) is 30.5 Å². The van der Waals surface area contributed by atoms with Gasteiger partial charge in [0.15, 0.2) is 5.69 Å². The number of benzene rings is 1. The topological polar surface area (TPSA) is 63.2 Å². The third-order valence-corrected chi connectivity index (χ3v) is 4.43. The fourth-order valence-corrected chi connectivity index (χ4v) is 3.28. The third-order valence-electron chi connectivity index (χ3n) is 3.46. The second-order valence-electron chi connectivity index (χ2n) is 4.91. The van der Waals surface area contributed by atoms with E-state index in [1.54, 1.807) is 23.0 Å². The van der Waals surface area contributed by atoms with Crippen LogP contribution in [-0.2, 0) is 6.42 Å². The molecular weight excluding hydrogens is 296 g/mol. The average Bonchev–Trinajstić information content (AvgIpc) is 3.09. The van der Waals surface area contributed by atoms with E-state index in [0.29, 0.717) is 17.1 Å². The molecule has 0 aliphatic heterocycles. The average molecular weight is 312 g/mol. The fourth-order valence-electron chi connectivity index (χ4n) is 2.35. The third kappa shape index (κ3) is 2.44. The molecule has 5 nitrogen and oxygen atoms in total. The quantitative estimate of drug-likeness (QED) is 0.721. The molecule has 0 saturated carbocycles. The zero-order valence-electron chi connectivity index (χ0n) is 12.5. The predicted molar refractivity (Wildman–Crippen MR) is 86.2 cm³/mol. The van der Waals surface area contributed by atoms with Crippen molar-refractivity contribution in [1.29, 1.82) is 5.26 Å². The lowest BCUT2D eigenvalue weighted by Gasteiger charge is -2.05. The molecule has 0 N–H and O–H groups in total. The van der Waals surface area contributed by atoms with Crippen molar-refractivity contribution in [3.05, 3.63) is 35.0 Å². The maximum absolute atomic E-state index is 9.53. The molecule has 0 aliphatic carbocycles. The van der Waals surface area contributed by atoms with E-state index in [1.807, 2.05) is 24.3 Å². The molecule has 0 aliphatic rings. The van der Waals surface area contributed by atoms with Crippen molar-refractivity contribution >= 4 is 16.3 Å². The first-order valence-electron chi connectivity index (χ1n) is 7.20. The fraction of sp³-hybridized carbons (Fsp3) is 0.312. The Morgan fingerprint density at radius 1 is 1.36 bits per heavy atom. The molecule has 0 atom stereocenters. The Kier molecular flexibility index (Phi) is 4.07. The number of para-hydroxylation sites is 1. The van der Waals surface area contributed by atoms with E-state index in [-0.39, 0.29) is 0 Å². The van der Waals surface area contributed by atoms with Crippen LogP contribution >= 0.6 is 11.3 Å². The van der Waals surface area contributed by atoms with Crippen LogP contribution in [0.4, 0.5) is 0 Å². The second kappa shape index (κ2) is 6.16. The Hall–Kier alpha value is -2.39. The van der Waals surface area contributed by atoms with Crippen LogP contribution in [0.15, 0.2) is 24.3 Å². The molecule has 2 heterocycles. The van der Waals surface area contributed by atoms with Crippen LogP contribution in [0.25, 0.3) is 16.2 Å². The van der Waals surface area contributed by atoms with E-state index in [4.69, 9.17) is 4.74 Å². The van der Waals surface area contributed by atoms with Gasteiger partial charge in [0.05, 0.1) is 7.11 Å². The zero-order valence-corrected chi connectivity index (χ0v) is 13.4. The summed E-state index contributed by atoms with van der Waals surface area (Å²) in [5.41, 5.74) is 1.90. The number of methoxy groups -OCH3 is 1. The zero-order chi connectivity index (χ0) is 15.5. The number of nitrogens with zero attached hydrogens (tertiary/aromatic N) is 4. The summed E-state index contributed by atoms with van der Waals surface area (Å²) >= 11 is 1.54. The minimum Gasteiger partial charge on any atom is -0.496 e. The molecular formula is C16H16N4OS. The van der Waals surface area contributed by atoms with E-state index >= 15 is 0 Å². The van der Waals surface area contributed by atoms with Crippen molar-refractivity contribution in [2.45, 2.75) is 26.2 Å². The number of rotatable bonds is 5. The molecule has 3 aromatic rings. The highest BCUT2D eigenvalue weighted by Gasteiger charge is 2.19. The van der Waals surface area contributed by atoms with Gasteiger partial charge in [-0.1, -0.05) is 36.8 Å². The smallest absolute Gasteiger partial charge is 0.214 e. The first kappa shape index (κ1) is 14.5. The van der Waals surface area contributed by atoms with Gasteiger partial charge >= 0.3 is 0 Å². The van der Waals surface area contributed by atoms with E-state index in [0.717, 1.165) is 34.8 Å². The molecule has 22 heavy (non-hydrogen) atoms. The number of fused-ring (bicyclic) bond motifs is 1. The lowest BCUT2D eigenvalue weighted by atomic mass is 10.1. The van der Waals surface area contributed by atoms with Crippen LogP contribution in [0.5, 0.6) is 5.75 Å². The van der Waals surface area contributed by atoms with E-state index in [2.05, 4.69) is 23.1 Å². The van der Waals surface area contributed by atoms with Crippen molar-refractivity contribution in [3.63, 3.8) is 0 Å². The number of unbranched alkanes of at least 4 members (excludes halogenated alkanes) is 1. The molecule has 0 amide bonds. The van der Waals surface area contributed by atoms with Gasteiger partial charge in [-0.3, -0.25) is 0 Å².